The van der Waals surface area contributed by atoms with Gasteiger partial charge in [0.2, 0.25) is 11.8 Å². The maximum atomic E-state index is 14.6. The summed E-state index contributed by atoms with van der Waals surface area (Å²) < 4.78 is 68.1. The molecule has 41 heavy (non-hydrogen) atoms. The number of halogens is 2. The maximum absolute atomic E-state index is 14.6. The monoisotopic (exact) mass is 587 g/mol. The zero-order valence-corrected chi connectivity index (χ0v) is 23.7. The number of nitrogens with one attached hydrogen (secondary N) is 1. The molecule has 0 radical (unpaired) electrons. The highest BCUT2D eigenvalue weighted by atomic mass is 32.2. The van der Waals surface area contributed by atoms with Crippen molar-refractivity contribution in [3.8, 4) is 11.5 Å². The number of amides is 2. The van der Waals surface area contributed by atoms with Crippen LogP contribution in [-0.4, -0.2) is 57.0 Å². The van der Waals surface area contributed by atoms with Crippen LogP contribution in [0.25, 0.3) is 0 Å². The van der Waals surface area contributed by atoms with Crippen LogP contribution in [0.3, 0.4) is 0 Å². The molecule has 0 fully saturated rings. The van der Waals surface area contributed by atoms with Gasteiger partial charge in [0, 0.05) is 24.2 Å². The maximum Gasteiger partial charge on any atom is 0.264 e. The third kappa shape index (κ3) is 6.94. The number of anilines is 1. The van der Waals surface area contributed by atoms with Gasteiger partial charge in [0.1, 0.15) is 37.4 Å². The van der Waals surface area contributed by atoms with Crippen molar-refractivity contribution < 1.29 is 36.3 Å². The SMILES string of the molecule is CC(C)NC(=O)[C@@H](C)N(Cc1ccccc1F)C(=O)CN(c1ccc(F)cc1)S(=O)(=O)c1ccc2c(c1)OCCO2. The lowest BCUT2D eigenvalue weighted by molar-refractivity contribution is -0.139. The number of sulfonamides is 1. The van der Waals surface area contributed by atoms with Gasteiger partial charge in [0.25, 0.3) is 10.0 Å². The van der Waals surface area contributed by atoms with Gasteiger partial charge in [-0.3, -0.25) is 13.9 Å². The average molecular weight is 588 g/mol. The van der Waals surface area contributed by atoms with E-state index < -0.39 is 46.1 Å². The molecular formula is C29H31F2N3O6S. The Morgan fingerprint density at radius 2 is 1.59 bits per heavy atom. The highest BCUT2D eigenvalue weighted by molar-refractivity contribution is 7.92. The lowest BCUT2D eigenvalue weighted by atomic mass is 10.1. The zero-order valence-electron chi connectivity index (χ0n) is 22.8. The summed E-state index contributed by atoms with van der Waals surface area (Å²) >= 11 is 0. The van der Waals surface area contributed by atoms with Gasteiger partial charge in [-0.25, -0.2) is 17.2 Å². The Kier molecular flexibility index (Phi) is 9.11. The topological polar surface area (TPSA) is 105 Å². The number of carbonyl (C=O) groups excluding carboxylic acids is 2. The van der Waals surface area contributed by atoms with Gasteiger partial charge in [0.05, 0.1) is 10.6 Å². The Morgan fingerprint density at radius 3 is 2.24 bits per heavy atom. The third-order valence-corrected chi connectivity index (χ3v) is 8.16. The van der Waals surface area contributed by atoms with E-state index in [0.29, 0.717) is 12.4 Å². The van der Waals surface area contributed by atoms with Crippen molar-refractivity contribution in [1.29, 1.82) is 0 Å². The molecule has 1 N–H and O–H groups in total. The van der Waals surface area contributed by atoms with Crippen LogP contribution < -0.4 is 19.1 Å². The second kappa shape index (κ2) is 12.5. The van der Waals surface area contributed by atoms with Crippen LogP contribution in [-0.2, 0) is 26.2 Å². The molecule has 2 amide bonds. The summed E-state index contributed by atoms with van der Waals surface area (Å²) in [5.41, 5.74) is 0.160. The summed E-state index contributed by atoms with van der Waals surface area (Å²) in [4.78, 5) is 27.7. The van der Waals surface area contributed by atoms with Crippen LogP contribution in [0.1, 0.15) is 26.3 Å². The van der Waals surface area contributed by atoms with Crippen molar-refractivity contribution in [3.63, 3.8) is 0 Å². The molecule has 0 saturated heterocycles. The summed E-state index contributed by atoms with van der Waals surface area (Å²) in [7, 11) is -4.42. The van der Waals surface area contributed by atoms with Crippen LogP contribution >= 0.6 is 0 Å². The van der Waals surface area contributed by atoms with Crippen molar-refractivity contribution >= 4 is 27.5 Å². The van der Waals surface area contributed by atoms with Crippen LogP contribution in [0.4, 0.5) is 14.5 Å². The molecule has 0 aliphatic carbocycles. The molecule has 3 aromatic rings. The highest BCUT2D eigenvalue weighted by Gasteiger charge is 2.33. The van der Waals surface area contributed by atoms with E-state index in [1.807, 2.05) is 0 Å². The summed E-state index contributed by atoms with van der Waals surface area (Å²) in [6, 6.07) is 13.2. The first-order valence-electron chi connectivity index (χ1n) is 13.0. The first kappa shape index (κ1) is 29.8. The zero-order chi connectivity index (χ0) is 29.7. The quantitative estimate of drug-likeness (QED) is 0.386. The van der Waals surface area contributed by atoms with Gasteiger partial charge in [-0.1, -0.05) is 18.2 Å². The van der Waals surface area contributed by atoms with Crippen LogP contribution in [0.5, 0.6) is 11.5 Å². The Hall–Kier alpha value is -4.19. The van der Waals surface area contributed by atoms with E-state index in [1.54, 1.807) is 19.9 Å². The molecule has 0 aromatic heterocycles. The molecule has 12 heteroatoms. The second-order valence-electron chi connectivity index (χ2n) is 9.75. The van der Waals surface area contributed by atoms with Gasteiger partial charge in [-0.05, 0) is 63.2 Å². The van der Waals surface area contributed by atoms with Crippen LogP contribution in [0.15, 0.2) is 71.6 Å². The van der Waals surface area contributed by atoms with Crippen molar-refractivity contribution in [2.24, 2.45) is 0 Å². The summed E-state index contributed by atoms with van der Waals surface area (Å²) in [5.74, 6) is -1.85. The standard InChI is InChI=1S/C29H31F2N3O6S/c1-19(2)32-29(36)20(3)33(17-21-6-4-5-7-25(21)31)28(35)18-34(23-10-8-22(30)9-11-23)41(37,38)24-12-13-26-27(16-24)40-15-14-39-26/h4-13,16,19-20H,14-15,17-18H2,1-3H3,(H,32,36)/t20-/m1/s1. The number of nitrogens with zero attached hydrogens (tertiary/aromatic N) is 2. The molecule has 1 aliphatic rings. The molecular weight excluding hydrogens is 556 g/mol. The van der Waals surface area contributed by atoms with Gasteiger partial charge in [0.15, 0.2) is 11.5 Å². The normalized spacial score (nSPS) is 13.4. The number of fused-ring (bicyclic) bond motifs is 1. The molecule has 218 valence electrons. The lowest BCUT2D eigenvalue weighted by Gasteiger charge is -2.32. The number of benzene rings is 3. The van der Waals surface area contributed by atoms with E-state index in [0.717, 1.165) is 21.3 Å². The molecule has 9 nitrogen and oxygen atoms in total. The van der Waals surface area contributed by atoms with E-state index in [-0.39, 0.29) is 41.1 Å². The fourth-order valence-corrected chi connectivity index (χ4v) is 5.68. The van der Waals surface area contributed by atoms with Gasteiger partial charge < -0.3 is 19.7 Å². The number of ether oxygens (including phenoxy) is 2. The molecule has 0 spiro atoms. The minimum Gasteiger partial charge on any atom is -0.486 e. The predicted molar refractivity (Wildman–Crippen MR) is 148 cm³/mol. The summed E-state index contributed by atoms with van der Waals surface area (Å²) in [6.45, 7) is 4.49. The molecule has 0 saturated carbocycles. The van der Waals surface area contributed by atoms with E-state index in [2.05, 4.69) is 5.32 Å². The number of hydrogen-bond acceptors (Lipinski definition) is 6. The summed E-state index contributed by atoms with van der Waals surface area (Å²) in [5, 5.41) is 2.73. The lowest BCUT2D eigenvalue weighted by Crippen LogP contribution is -2.52. The smallest absolute Gasteiger partial charge is 0.264 e. The Labute approximate surface area is 237 Å². The summed E-state index contributed by atoms with van der Waals surface area (Å²) in [6.07, 6.45) is 0. The van der Waals surface area contributed by atoms with Gasteiger partial charge in [-0.15, -0.1) is 0 Å². The van der Waals surface area contributed by atoms with E-state index in [9.17, 15) is 26.8 Å². The minimum atomic E-state index is -4.42. The molecule has 1 atom stereocenters. The van der Waals surface area contributed by atoms with Crippen molar-refractivity contribution in [3.05, 3.63) is 83.9 Å². The number of carbonyl (C=O) groups is 2. The van der Waals surface area contributed by atoms with E-state index >= 15 is 0 Å². The van der Waals surface area contributed by atoms with Crippen molar-refractivity contribution in [1.82, 2.24) is 10.2 Å². The van der Waals surface area contributed by atoms with Gasteiger partial charge in [-0.2, -0.15) is 0 Å². The third-order valence-electron chi connectivity index (χ3n) is 6.39. The second-order valence-corrected chi connectivity index (χ2v) is 11.6. The fourth-order valence-electron chi connectivity index (χ4n) is 4.25. The number of rotatable bonds is 10. The molecule has 0 unspecified atom stereocenters. The van der Waals surface area contributed by atoms with E-state index in [4.69, 9.17) is 9.47 Å². The van der Waals surface area contributed by atoms with Crippen LogP contribution in [0.2, 0.25) is 0 Å². The largest absolute Gasteiger partial charge is 0.486 e. The minimum absolute atomic E-state index is 0.0137. The van der Waals surface area contributed by atoms with E-state index in [1.165, 1.54) is 55.5 Å². The van der Waals surface area contributed by atoms with Gasteiger partial charge >= 0.3 is 0 Å². The number of hydrogen-bond donors (Lipinski definition) is 1. The Morgan fingerprint density at radius 1 is 0.927 bits per heavy atom. The fraction of sp³-hybridized carbons (Fsp3) is 0.310. The highest BCUT2D eigenvalue weighted by Crippen LogP contribution is 2.34. The van der Waals surface area contributed by atoms with Crippen molar-refractivity contribution in [2.45, 2.75) is 44.3 Å². The first-order chi connectivity index (χ1) is 19.5. The Bertz CT molecular complexity index is 1520. The molecule has 1 heterocycles. The van der Waals surface area contributed by atoms with Crippen LogP contribution in [0, 0.1) is 11.6 Å². The van der Waals surface area contributed by atoms with Crippen molar-refractivity contribution in [2.75, 3.05) is 24.1 Å². The first-order valence-corrected chi connectivity index (χ1v) is 14.4. The molecule has 0 bridgehead atoms. The molecule has 1 aliphatic heterocycles. The molecule has 4 rings (SSSR count). The predicted octanol–water partition coefficient (Wildman–Crippen LogP) is 3.87. The average Bonchev–Trinajstić information content (AvgIpc) is 2.95. The Balaban J connectivity index is 1.73. The molecule has 3 aromatic carbocycles.